The first-order chi connectivity index (χ1) is 9.29. The molecule has 3 atom stereocenters. The van der Waals surface area contributed by atoms with Gasteiger partial charge in [-0.15, -0.1) is 0 Å². The average molecular weight is 268 g/mol. The summed E-state index contributed by atoms with van der Waals surface area (Å²) in [7, 11) is 1.55. The number of aliphatic hydroxyl groups is 1. The molecular weight excluding hydrogens is 248 g/mol. The monoisotopic (exact) mass is 268 g/mol. The van der Waals surface area contributed by atoms with E-state index in [0.717, 1.165) is 5.56 Å². The molecule has 0 aliphatic carbocycles. The van der Waals surface area contributed by atoms with E-state index in [1.165, 1.54) is 0 Å². The van der Waals surface area contributed by atoms with Crippen LogP contribution in [-0.2, 0) is 25.6 Å². The molecule has 0 radical (unpaired) electrons. The van der Waals surface area contributed by atoms with Crippen molar-refractivity contribution in [1.82, 2.24) is 0 Å². The van der Waals surface area contributed by atoms with Crippen LogP contribution in [0.3, 0.4) is 0 Å². The molecule has 1 heterocycles. The number of aliphatic hydroxyl groups excluding tert-OH is 1. The Kier molecular flexibility index (Phi) is 5.75. The summed E-state index contributed by atoms with van der Waals surface area (Å²) < 4.78 is 21.2. The second-order valence-corrected chi connectivity index (χ2v) is 4.48. The zero-order valence-electron chi connectivity index (χ0n) is 11.0. The molecule has 0 bridgehead atoms. The zero-order valence-corrected chi connectivity index (χ0v) is 11.0. The molecule has 0 unspecified atom stereocenters. The lowest BCUT2D eigenvalue weighted by atomic mass is 10.2. The van der Waals surface area contributed by atoms with Crippen molar-refractivity contribution in [2.24, 2.45) is 0 Å². The Balaban J connectivity index is 1.71. The lowest BCUT2D eigenvalue weighted by Crippen LogP contribution is -2.27. The molecule has 1 N–H and O–H groups in total. The van der Waals surface area contributed by atoms with Gasteiger partial charge in [-0.3, -0.25) is 0 Å². The second-order valence-electron chi connectivity index (χ2n) is 4.48. The van der Waals surface area contributed by atoms with Crippen molar-refractivity contribution in [3.05, 3.63) is 35.9 Å². The van der Waals surface area contributed by atoms with E-state index in [9.17, 15) is 5.11 Å². The summed E-state index contributed by atoms with van der Waals surface area (Å²) in [6, 6.07) is 9.87. The average Bonchev–Trinajstić information content (AvgIpc) is 2.79. The summed E-state index contributed by atoms with van der Waals surface area (Å²) in [6.45, 7) is 0.978. The van der Waals surface area contributed by atoms with Crippen molar-refractivity contribution in [3.8, 4) is 0 Å². The van der Waals surface area contributed by atoms with Gasteiger partial charge in [0.1, 0.15) is 12.9 Å². The van der Waals surface area contributed by atoms with E-state index >= 15 is 0 Å². The smallest absolute Gasteiger partial charge is 0.161 e. The normalized spacial score (nSPS) is 26.7. The van der Waals surface area contributed by atoms with Gasteiger partial charge in [0, 0.05) is 13.5 Å². The Hall–Kier alpha value is -0.980. The third-order valence-corrected chi connectivity index (χ3v) is 2.95. The number of rotatable bonds is 7. The Morgan fingerprint density at radius 3 is 2.84 bits per heavy atom. The molecule has 1 aliphatic rings. The summed E-state index contributed by atoms with van der Waals surface area (Å²) in [4.78, 5) is 0. The third kappa shape index (κ3) is 4.56. The molecular formula is C14H20O5. The quantitative estimate of drug-likeness (QED) is 0.596. The van der Waals surface area contributed by atoms with Gasteiger partial charge >= 0.3 is 0 Å². The molecule has 5 heteroatoms. The fourth-order valence-corrected chi connectivity index (χ4v) is 1.96. The SMILES string of the molecule is COCOC[C@H]1O[C@H](OCc2ccccc2)C[C@H]1O. The second kappa shape index (κ2) is 7.57. The number of hydrogen-bond acceptors (Lipinski definition) is 5. The molecule has 2 rings (SSSR count). The lowest BCUT2D eigenvalue weighted by Gasteiger charge is -2.15. The van der Waals surface area contributed by atoms with Crippen LogP contribution in [0.15, 0.2) is 30.3 Å². The van der Waals surface area contributed by atoms with Gasteiger partial charge in [-0.2, -0.15) is 0 Å². The molecule has 1 fully saturated rings. The van der Waals surface area contributed by atoms with Crippen LogP contribution in [0.5, 0.6) is 0 Å². The van der Waals surface area contributed by atoms with Crippen LogP contribution in [0, 0.1) is 0 Å². The van der Waals surface area contributed by atoms with Crippen LogP contribution in [-0.4, -0.2) is 44.1 Å². The number of methoxy groups -OCH3 is 1. The maximum Gasteiger partial charge on any atom is 0.161 e. The Labute approximate surface area is 113 Å². The minimum atomic E-state index is -0.558. The van der Waals surface area contributed by atoms with Crippen molar-refractivity contribution < 1.29 is 24.1 Å². The van der Waals surface area contributed by atoms with Gasteiger partial charge in [0.25, 0.3) is 0 Å². The number of hydrogen-bond donors (Lipinski definition) is 1. The van der Waals surface area contributed by atoms with Crippen LogP contribution in [0.4, 0.5) is 0 Å². The van der Waals surface area contributed by atoms with Crippen LogP contribution < -0.4 is 0 Å². The van der Waals surface area contributed by atoms with Gasteiger partial charge in [0.05, 0.1) is 19.3 Å². The van der Waals surface area contributed by atoms with Gasteiger partial charge in [0.2, 0.25) is 0 Å². The Morgan fingerprint density at radius 1 is 1.32 bits per heavy atom. The Bertz CT molecular complexity index is 356. The molecule has 1 saturated heterocycles. The fraction of sp³-hybridized carbons (Fsp3) is 0.571. The Morgan fingerprint density at radius 2 is 2.11 bits per heavy atom. The van der Waals surface area contributed by atoms with Crippen molar-refractivity contribution in [2.75, 3.05) is 20.5 Å². The molecule has 106 valence electrons. The summed E-state index contributed by atoms with van der Waals surface area (Å²) in [6.07, 6.45) is -0.826. The fourth-order valence-electron chi connectivity index (χ4n) is 1.96. The molecule has 1 aromatic carbocycles. The summed E-state index contributed by atoms with van der Waals surface area (Å²) in [5.74, 6) is 0. The highest BCUT2D eigenvalue weighted by Crippen LogP contribution is 2.22. The van der Waals surface area contributed by atoms with Crippen LogP contribution in [0.2, 0.25) is 0 Å². The molecule has 5 nitrogen and oxygen atoms in total. The van der Waals surface area contributed by atoms with Crippen molar-refractivity contribution >= 4 is 0 Å². The molecule has 0 amide bonds. The minimum Gasteiger partial charge on any atom is -0.390 e. The van der Waals surface area contributed by atoms with Gasteiger partial charge < -0.3 is 24.1 Å². The number of benzene rings is 1. The molecule has 0 spiro atoms. The predicted octanol–water partition coefficient (Wildman–Crippen LogP) is 1.30. The van der Waals surface area contributed by atoms with Gasteiger partial charge in [-0.1, -0.05) is 30.3 Å². The first-order valence-electron chi connectivity index (χ1n) is 6.35. The summed E-state index contributed by atoms with van der Waals surface area (Å²) in [5.41, 5.74) is 1.08. The van der Waals surface area contributed by atoms with E-state index in [0.29, 0.717) is 19.6 Å². The van der Waals surface area contributed by atoms with E-state index in [1.807, 2.05) is 30.3 Å². The van der Waals surface area contributed by atoms with Crippen molar-refractivity contribution in [3.63, 3.8) is 0 Å². The van der Waals surface area contributed by atoms with Gasteiger partial charge in [-0.25, -0.2) is 0 Å². The number of ether oxygens (including phenoxy) is 4. The maximum absolute atomic E-state index is 9.83. The molecule has 0 aromatic heterocycles. The van der Waals surface area contributed by atoms with E-state index in [4.69, 9.17) is 18.9 Å². The van der Waals surface area contributed by atoms with Gasteiger partial charge in [-0.05, 0) is 5.56 Å². The van der Waals surface area contributed by atoms with Gasteiger partial charge in [0.15, 0.2) is 6.29 Å². The standard InChI is InChI=1S/C14H20O5/c1-16-10-17-9-13-12(15)7-14(19-13)18-8-11-5-3-2-4-6-11/h2-6,12-15H,7-10H2,1H3/t12-,13-,14+/m1/s1. The predicted molar refractivity (Wildman–Crippen MR) is 68.3 cm³/mol. The summed E-state index contributed by atoms with van der Waals surface area (Å²) in [5, 5.41) is 9.83. The maximum atomic E-state index is 9.83. The molecule has 19 heavy (non-hydrogen) atoms. The van der Waals surface area contributed by atoms with E-state index in [1.54, 1.807) is 7.11 Å². The van der Waals surface area contributed by atoms with Crippen LogP contribution in [0.1, 0.15) is 12.0 Å². The molecule has 0 saturated carbocycles. The highest BCUT2D eigenvalue weighted by molar-refractivity contribution is 5.13. The molecule has 1 aromatic rings. The zero-order chi connectivity index (χ0) is 13.5. The highest BCUT2D eigenvalue weighted by Gasteiger charge is 2.34. The first kappa shape index (κ1) is 14.4. The van der Waals surface area contributed by atoms with E-state index in [2.05, 4.69) is 0 Å². The largest absolute Gasteiger partial charge is 0.390 e. The van der Waals surface area contributed by atoms with E-state index < -0.39 is 6.10 Å². The van der Waals surface area contributed by atoms with Crippen molar-refractivity contribution in [2.45, 2.75) is 31.5 Å². The highest BCUT2D eigenvalue weighted by atomic mass is 16.7. The topological polar surface area (TPSA) is 57.2 Å². The first-order valence-corrected chi connectivity index (χ1v) is 6.35. The van der Waals surface area contributed by atoms with E-state index in [-0.39, 0.29) is 19.2 Å². The van der Waals surface area contributed by atoms with Crippen LogP contribution >= 0.6 is 0 Å². The molecule has 1 aliphatic heterocycles. The van der Waals surface area contributed by atoms with Crippen molar-refractivity contribution in [1.29, 1.82) is 0 Å². The van der Waals surface area contributed by atoms with Crippen LogP contribution in [0.25, 0.3) is 0 Å². The minimum absolute atomic E-state index is 0.197. The third-order valence-electron chi connectivity index (χ3n) is 2.95. The lowest BCUT2D eigenvalue weighted by molar-refractivity contribution is -0.162. The summed E-state index contributed by atoms with van der Waals surface area (Å²) >= 11 is 0.